The second kappa shape index (κ2) is 7.09. The fourth-order valence-corrected chi connectivity index (χ4v) is 3.31. The van der Waals surface area contributed by atoms with Crippen LogP contribution >= 0.6 is 0 Å². The van der Waals surface area contributed by atoms with Crippen molar-refractivity contribution in [3.8, 4) is 6.07 Å². The molecular weight excluding hydrogens is 348 g/mol. The third kappa shape index (κ3) is 3.06. The van der Waals surface area contributed by atoms with Crippen molar-refractivity contribution in [3.63, 3.8) is 0 Å². The highest BCUT2D eigenvalue weighted by molar-refractivity contribution is 5.86. The molecule has 1 heterocycles. The van der Waals surface area contributed by atoms with Crippen LogP contribution in [0.25, 0.3) is 27.4 Å². The van der Waals surface area contributed by atoms with Crippen molar-refractivity contribution in [3.05, 3.63) is 78.3 Å². The Morgan fingerprint density at radius 3 is 2.54 bits per heavy atom. The van der Waals surface area contributed by atoms with Gasteiger partial charge in [0.1, 0.15) is 17.4 Å². The fourth-order valence-electron chi connectivity index (χ4n) is 3.31. The largest absolute Gasteiger partial charge is 0.509 e. The molecule has 0 aliphatic heterocycles. The Balaban J connectivity index is 1.71. The summed E-state index contributed by atoms with van der Waals surface area (Å²) in [6.07, 6.45) is 0. The number of imidazole rings is 1. The number of aromatic nitrogens is 2. The molecule has 3 aromatic carbocycles. The molecule has 0 radical (unpaired) electrons. The van der Waals surface area contributed by atoms with Gasteiger partial charge in [0.25, 0.3) is 0 Å². The van der Waals surface area contributed by atoms with E-state index in [1.54, 1.807) is 0 Å². The van der Waals surface area contributed by atoms with Crippen molar-refractivity contribution in [2.75, 3.05) is 11.9 Å². The van der Waals surface area contributed by atoms with Gasteiger partial charge in [-0.05, 0) is 42.0 Å². The number of aliphatic hydroxyl groups excluding tert-OH is 1. The number of rotatable bonds is 4. The lowest BCUT2D eigenvalue weighted by Crippen LogP contribution is -2.31. The summed E-state index contributed by atoms with van der Waals surface area (Å²) >= 11 is 0. The van der Waals surface area contributed by atoms with E-state index in [9.17, 15) is 10.4 Å². The summed E-state index contributed by atoms with van der Waals surface area (Å²) in [4.78, 5) is 9.51. The molecule has 0 saturated heterocycles. The Morgan fingerprint density at radius 2 is 1.79 bits per heavy atom. The van der Waals surface area contributed by atoms with E-state index in [-0.39, 0.29) is 11.3 Å². The van der Waals surface area contributed by atoms with Crippen LogP contribution in [0.15, 0.2) is 72.5 Å². The minimum atomic E-state index is -0.399. The number of nitrogens with zero attached hydrogens (tertiary/aromatic N) is 3. The molecule has 5 heteroatoms. The summed E-state index contributed by atoms with van der Waals surface area (Å²) in [5, 5.41) is 22.8. The highest BCUT2D eigenvalue weighted by Crippen LogP contribution is 2.27. The van der Waals surface area contributed by atoms with Crippen LogP contribution in [0.4, 0.5) is 5.69 Å². The molecule has 1 aromatic heterocycles. The summed E-state index contributed by atoms with van der Waals surface area (Å²) in [6, 6.07) is 23.5. The number of allylic oxidation sites excluding steroid dienone is 1. The van der Waals surface area contributed by atoms with Gasteiger partial charge in [0, 0.05) is 12.7 Å². The molecule has 0 bridgehead atoms. The first-order chi connectivity index (χ1) is 13.6. The molecule has 0 aliphatic carbocycles. The van der Waals surface area contributed by atoms with Crippen molar-refractivity contribution in [1.82, 2.24) is 9.97 Å². The number of benzene rings is 3. The van der Waals surface area contributed by atoms with Gasteiger partial charge in [0.2, 0.25) is 0 Å². The smallest absolute Gasteiger partial charge is 0.152 e. The number of aliphatic hydroxyl groups is 1. The van der Waals surface area contributed by atoms with Crippen LogP contribution in [0.3, 0.4) is 0 Å². The molecule has 0 aliphatic rings. The van der Waals surface area contributed by atoms with Crippen LogP contribution in [0, 0.1) is 11.3 Å². The Bertz CT molecular complexity index is 1200. The monoisotopic (exact) mass is 368 g/mol. The van der Waals surface area contributed by atoms with Gasteiger partial charge in [-0.2, -0.15) is 5.26 Å². The molecule has 0 spiro atoms. The molecule has 5 nitrogen and oxygen atoms in total. The summed E-state index contributed by atoms with van der Waals surface area (Å²) in [5.74, 6) is 0.358. The maximum absolute atomic E-state index is 10.9. The number of likely N-dealkylation sites (N-methyl/N-ethyl adjacent to an activating group) is 1. The third-order valence-electron chi connectivity index (χ3n) is 5.11. The summed E-state index contributed by atoms with van der Waals surface area (Å²) in [7, 11) is 1.90. The molecule has 1 atom stereocenters. The number of fused-ring (bicyclic) bond motifs is 2. The van der Waals surface area contributed by atoms with Gasteiger partial charge < -0.3 is 15.0 Å². The quantitative estimate of drug-likeness (QED) is 0.391. The summed E-state index contributed by atoms with van der Waals surface area (Å²) in [6.45, 7) is 1.87. The van der Waals surface area contributed by atoms with E-state index >= 15 is 0 Å². The van der Waals surface area contributed by atoms with E-state index in [1.165, 1.54) is 0 Å². The number of H-pyrrole nitrogens is 1. The fraction of sp³-hybridized carbons (Fsp3) is 0.130. The van der Waals surface area contributed by atoms with Crippen LogP contribution in [0.5, 0.6) is 0 Å². The number of aromatic amines is 1. The van der Waals surface area contributed by atoms with Crippen molar-refractivity contribution < 1.29 is 5.11 Å². The third-order valence-corrected chi connectivity index (χ3v) is 5.11. The topological polar surface area (TPSA) is 75.9 Å². The number of hydrogen-bond donors (Lipinski definition) is 2. The molecule has 4 aromatic rings. The van der Waals surface area contributed by atoms with Crippen LogP contribution in [-0.2, 0) is 0 Å². The first kappa shape index (κ1) is 17.6. The maximum atomic E-state index is 10.9. The Kier molecular flexibility index (Phi) is 4.46. The molecule has 28 heavy (non-hydrogen) atoms. The lowest BCUT2D eigenvalue weighted by atomic mass is 10.1. The van der Waals surface area contributed by atoms with Crippen molar-refractivity contribution in [1.29, 1.82) is 5.26 Å². The molecular formula is C23H20N4O. The first-order valence-electron chi connectivity index (χ1n) is 9.08. The second-order valence-corrected chi connectivity index (χ2v) is 6.79. The van der Waals surface area contributed by atoms with E-state index in [1.807, 2.05) is 61.3 Å². The molecule has 138 valence electrons. The van der Waals surface area contributed by atoms with Gasteiger partial charge in [-0.3, -0.25) is 0 Å². The van der Waals surface area contributed by atoms with E-state index in [4.69, 9.17) is 0 Å². The number of anilines is 1. The predicted octanol–water partition coefficient (Wildman–Crippen LogP) is 5.03. The van der Waals surface area contributed by atoms with Crippen LogP contribution in [-0.4, -0.2) is 28.2 Å². The highest BCUT2D eigenvalue weighted by Gasteiger charge is 2.21. The standard InChI is InChI=1S/C23H20N4O/c1-15(27(2)18-12-11-16-7-3-4-8-17(16)13-18)22(28)19(14-24)23-25-20-9-5-6-10-21(20)26-23/h3-13,15,28H,1-2H3,(H,25,26)/b22-19-/t15-/m1/s1. The Hall–Kier alpha value is -3.78. The van der Waals surface area contributed by atoms with Gasteiger partial charge in [0.15, 0.2) is 5.82 Å². The minimum absolute atomic E-state index is 0.0165. The highest BCUT2D eigenvalue weighted by atomic mass is 16.3. The van der Waals surface area contributed by atoms with Crippen LogP contribution in [0.1, 0.15) is 12.7 Å². The number of para-hydroxylation sites is 2. The van der Waals surface area contributed by atoms with Crippen LogP contribution < -0.4 is 4.90 Å². The lowest BCUT2D eigenvalue weighted by Gasteiger charge is -2.27. The zero-order valence-corrected chi connectivity index (χ0v) is 15.7. The molecule has 0 saturated carbocycles. The molecule has 0 amide bonds. The van der Waals surface area contributed by atoms with Gasteiger partial charge in [-0.1, -0.05) is 42.5 Å². The molecule has 4 rings (SSSR count). The van der Waals surface area contributed by atoms with E-state index in [0.717, 1.165) is 27.5 Å². The van der Waals surface area contributed by atoms with Gasteiger partial charge >= 0.3 is 0 Å². The van der Waals surface area contributed by atoms with Crippen molar-refractivity contribution in [2.45, 2.75) is 13.0 Å². The maximum Gasteiger partial charge on any atom is 0.152 e. The molecule has 0 unspecified atom stereocenters. The predicted molar refractivity (Wildman–Crippen MR) is 113 cm³/mol. The van der Waals surface area contributed by atoms with Crippen LogP contribution in [0.2, 0.25) is 0 Å². The number of hydrogen-bond acceptors (Lipinski definition) is 4. The number of nitriles is 1. The second-order valence-electron chi connectivity index (χ2n) is 6.79. The number of nitrogens with one attached hydrogen (secondary N) is 1. The zero-order chi connectivity index (χ0) is 19.7. The van der Waals surface area contributed by atoms with Gasteiger partial charge in [-0.15, -0.1) is 0 Å². The Labute approximate surface area is 163 Å². The summed E-state index contributed by atoms with van der Waals surface area (Å²) in [5.41, 5.74) is 2.69. The van der Waals surface area contributed by atoms with Crippen molar-refractivity contribution >= 4 is 33.1 Å². The first-order valence-corrected chi connectivity index (χ1v) is 9.08. The molecule has 2 N–H and O–H groups in total. The van der Waals surface area contributed by atoms with E-state index in [0.29, 0.717) is 5.82 Å². The summed E-state index contributed by atoms with van der Waals surface area (Å²) < 4.78 is 0. The Morgan fingerprint density at radius 1 is 1.07 bits per heavy atom. The SMILES string of the molecule is C[C@H](/C(O)=C(\C#N)c1nc2ccccc2[nH]1)N(C)c1ccc2ccccc2c1. The molecule has 0 fully saturated rings. The normalized spacial score (nSPS) is 13.2. The minimum Gasteiger partial charge on any atom is -0.509 e. The van der Waals surface area contributed by atoms with Crippen molar-refractivity contribution in [2.24, 2.45) is 0 Å². The van der Waals surface area contributed by atoms with E-state index < -0.39 is 6.04 Å². The van der Waals surface area contributed by atoms with Gasteiger partial charge in [-0.25, -0.2) is 4.98 Å². The van der Waals surface area contributed by atoms with Gasteiger partial charge in [0.05, 0.1) is 17.1 Å². The van der Waals surface area contributed by atoms with E-state index in [2.05, 4.69) is 40.3 Å². The lowest BCUT2D eigenvalue weighted by molar-refractivity contribution is 0.373. The average molecular weight is 368 g/mol. The average Bonchev–Trinajstić information content (AvgIpc) is 3.16. The zero-order valence-electron chi connectivity index (χ0n) is 15.7.